The summed E-state index contributed by atoms with van der Waals surface area (Å²) in [4.78, 5) is 57.4. The van der Waals surface area contributed by atoms with Crippen LogP contribution in [0.25, 0.3) is 0 Å². The molecule has 8 nitrogen and oxygen atoms in total. The standard InChI is InChI=1S/C70H46N2O6/c1-6-7-8-9-10-11-12-13-14-15-16-17-18-19-20-21-22-23-24-25-26-27-28-29-30-31-32-33-34-35-36-37-38-45-66(71(69(75)54(2)3)48-46-67(73)77-64-52-56-50-62(64)60-43-39-41-58(56)60)72(70(76)55(4)5)49-47-68(74)78-65-53-57-51-63(65)61-44-40-42-59(57)61/h39-40,43-44,56-65H,1-2,4,41-42,46-53H2,3,5H3. The highest BCUT2D eigenvalue weighted by molar-refractivity contribution is 5.97. The molecule has 0 aromatic heterocycles. The second-order valence-corrected chi connectivity index (χ2v) is 18.3. The van der Waals surface area contributed by atoms with Crippen LogP contribution in [0.1, 0.15) is 65.2 Å². The van der Waals surface area contributed by atoms with Crippen LogP contribution in [0, 0.1) is 47.3 Å². The molecule has 0 radical (unpaired) electrons. The molecule has 8 heteroatoms. The van der Waals surface area contributed by atoms with Crippen LogP contribution in [0.2, 0.25) is 0 Å². The zero-order valence-corrected chi connectivity index (χ0v) is 43.1. The van der Waals surface area contributed by atoms with Crippen molar-refractivity contribution < 1.29 is 28.7 Å². The largest absolute Gasteiger partial charge is 0.462 e. The Balaban J connectivity index is 1.25. The number of esters is 2. The highest BCUT2D eigenvalue weighted by Gasteiger charge is 2.55. The minimum absolute atomic E-state index is 0.108. The number of fused-ring (bicyclic) bond motifs is 10. The minimum Gasteiger partial charge on any atom is -0.462 e. The minimum atomic E-state index is -0.586. The van der Waals surface area contributed by atoms with E-state index in [1.54, 1.807) is 0 Å². The van der Waals surface area contributed by atoms with Crippen LogP contribution >= 0.6 is 0 Å². The fourth-order valence-electron chi connectivity index (χ4n) is 10.5. The molecule has 0 heterocycles. The third kappa shape index (κ3) is 16.8. The van der Waals surface area contributed by atoms with Crippen LogP contribution in [-0.2, 0) is 28.7 Å². The highest BCUT2D eigenvalue weighted by Crippen LogP contribution is 2.58. The molecule has 4 saturated carbocycles. The van der Waals surface area contributed by atoms with E-state index in [2.05, 4.69) is 239 Å². The van der Waals surface area contributed by atoms with Gasteiger partial charge in [0.25, 0.3) is 11.8 Å². The average Bonchev–Trinajstić information content (AvgIpc) is 4.40. The Morgan fingerprint density at radius 2 is 0.731 bits per heavy atom. The van der Waals surface area contributed by atoms with Crippen molar-refractivity contribution in [2.45, 2.75) is 77.4 Å². The number of hydrogen-bond donors (Lipinski definition) is 0. The lowest BCUT2D eigenvalue weighted by Crippen LogP contribution is -2.44. The van der Waals surface area contributed by atoms with E-state index < -0.39 is 23.8 Å². The van der Waals surface area contributed by atoms with Crippen molar-refractivity contribution >= 4 is 23.8 Å². The number of hydrogen-bond acceptors (Lipinski definition) is 6. The fraction of sp³-hybridized carbons (Fsp3) is 0.314. The molecule has 78 heavy (non-hydrogen) atoms. The molecule has 2 amide bonds. The van der Waals surface area contributed by atoms with Gasteiger partial charge >= 0.3 is 11.9 Å². The first-order valence-corrected chi connectivity index (χ1v) is 24.9. The van der Waals surface area contributed by atoms with Crippen molar-refractivity contribution in [1.82, 2.24) is 9.80 Å². The monoisotopic (exact) mass is 1010 g/mol. The number of carbonyl (C=O) groups excluding carboxylic acids is 4. The normalized spacial score (nSPS) is 21.4. The van der Waals surface area contributed by atoms with E-state index >= 15 is 0 Å². The lowest BCUT2D eigenvalue weighted by molar-refractivity contribution is -0.153. The van der Waals surface area contributed by atoms with Gasteiger partial charge < -0.3 is 9.47 Å². The van der Waals surface area contributed by atoms with Crippen LogP contribution in [0.3, 0.4) is 0 Å². The third-order valence-corrected chi connectivity index (χ3v) is 13.5. The summed E-state index contributed by atoms with van der Waals surface area (Å²) in [6.45, 7) is 13.7. The quantitative estimate of drug-likeness (QED) is 0.0837. The Morgan fingerprint density at radius 3 is 1.03 bits per heavy atom. The molecular weight excluding hydrogens is 965 g/mol. The van der Waals surface area contributed by atoms with E-state index in [1.165, 1.54) is 23.6 Å². The van der Waals surface area contributed by atoms with Gasteiger partial charge in [0.15, 0.2) is 5.82 Å². The molecular formula is C70H46N2O6. The predicted molar refractivity (Wildman–Crippen MR) is 285 cm³/mol. The summed E-state index contributed by atoms with van der Waals surface area (Å²) in [5.74, 6) is 1.48. The maximum absolute atomic E-state index is 14.0. The molecule has 0 aromatic rings. The summed E-state index contributed by atoms with van der Waals surface area (Å²) in [5.41, 5.74) is 86.2. The Kier molecular flexibility index (Phi) is 21.9. The summed E-state index contributed by atoms with van der Waals surface area (Å²) >= 11 is 0. The second-order valence-electron chi connectivity index (χ2n) is 18.3. The molecule has 0 spiro atoms. The molecule has 10 unspecified atom stereocenters. The maximum atomic E-state index is 14.0. The zero-order valence-electron chi connectivity index (χ0n) is 43.1. The second kappa shape index (κ2) is 30.3. The molecule has 0 N–H and O–H groups in total. The Labute approximate surface area is 453 Å². The van der Waals surface area contributed by atoms with E-state index in [4.69, 9.17) is 9.47 Å². The number of ether oxygens (including phenoxy) is 2. The van der Waals surface area contributed by atoms with E-state index in [0.717, 1.165) is 38.5 Å². The first kappa shape index (κ1) is 56.4. The highest BCUT2D eigenvalue weighted by atomic mass is 16.5. The van der Waals surface area contributed by atoms with Gasteiger partial charge in [-0.1, -0.05) is 43.2 Å². The van der Waals surface area contributed by atoms with Gasteiger partial charge in [-0.05, 0) is 192 Å². The lowest BCUT2D eigenvalue weighted by Gasteiger charge is -2.33. The van der Waals surface area contributed by atoms with Crippen LogP contribution in [0.15, 0.2) is 256 Å². The van der Waals surface area contributed by atoms with Crippen LogP contribution in [0.4, 0.5) is 0 Å². The summed E-state index contributed by atoms with van der Waals surface area (Å²) in [7, 11) is 0. The third-order valence-electron chi connectivity index (χ3n) is 13.5. The van der Waals surface area contributed by atoms with Crippen molar-refractivity contribution in [3.05, 3.63) is 256 Å². The summed E-state index contributed by atoms with van der Waals surface area (Å²) in [6.07, 6.45) is 14.1. The molecule has 6 aliphatic rings. The van der Waals surface area contributed by atoms with Gasteiger partial charge in [0.2, 0.25) is 0 Å². The smallest absolute Gasteiger partial charge is 0.307 e. The molecule has 372 valence electrons. The molecule has 6 aliphatic carbocycles. The van der Waals surface area contributed by atoms with Crippen molar-refractivity contribution in [1.29, 1.82) is 0 Å². The topological polar surface area (TPSA) is 93.2 Å². The van der Waals surface area contributed by atoms with Crippen LogP contribution in [-0.4, -0.2) is 58.9 Å². The Hall–Kier alpha value is -10.9. The number of carbonyl (C=O) groups is 4. The predicted octanol–water partition coefficient (Wildman–Crippen LogP) is 10.6. The number of rotatable bonds is 12. The maximum Gasteiger partial charge on any atom is 0.307 e. The fourth-order valence-corrected chi connectivity index (χ4v) is 10.5. The van der Waals surface area contributed by atoms with Crippen molar-refractivity contribution in [2.24, 2.45) is 47.3 Å². The van der Waals surface area contributed by atoms with E-state index in [0.29, 0.717) is 35.5 Å². The van der Waals surface area contributed by atoms with E-state index in [9.17, 15) is 19.2 Å². The molecule has 4 bridgehead atoms. The number of amides is 2. The molecule has 6 rings (SSSR count). The van der Waals surface area contributed by atoms with E-state index in [1.807, 2.05) is 0 Å². The summed E-state index contributed by atoms with van der Waals surface area (Å²) in [5, 5.41) is 0. The number of nitrogens with zero attached hydrogens (tertiary/aromatic N) is 2. The van der Waals surface area contributed by atoms with Gasteiger partial charge in [-0.2, -0.15) is 0 Å². The summed E-state index contributed by atoms with van der Waals surface area (Å²) in [6, 6.07) is 0. The first-order valence-electron chi connectivity index (χ1n) is 24.9. The van der Waals surface area contributed by atoms with E-state index in [-0.39, 0.29) is 66.9 Å². The molecule has 0 aromatic carbocycles. The average molecular weight is 1010 g/mol. The Morgan fingerprint density at radius 1 is 0.436 bits per heavy atom. The van der Waals surface area contributed by atoms with Crippen LogP contribution in [0.5, 0.6) is 0 Å². The van der Waals surface area contributed by atoms with Gasteiger partial charge in [-0.3, -0.25) is 29.0 Å². The molecule has 4 fully saturated rings. The van der Waals surface area contributed by atoms with Gasteiger partial charge in [0.1, 0.15) is 12.2 Å². The molecule has 10 atom stereocenters. The Bertz CT molecular complexity index is 4000. The van der Waals surface area contributed by atoms with Crippen molar-refractivity contribution in [3.63, 3.8) is 0 Å². The van der Waals surface area contributed by atoms with Gasteiger partial charge in [0.05, 0.1) is 12.8 Å². The summed E-state index contributed by atoms with van der Waals surface area (Å²) < 4.78 is 12.1. The van der Waals surface area contributed by atoms with Crippen LogP contribution < -0.4 is 0 Å². The van der Waals surface area contributed by atoms with Gasteiger partial charge in [0, 0.05) is 128 Å². The zero-order chi connectivity index (χ0) is 55.3. The van der Waals surface area contributed by atoms with Crippen molar-refractivity contribution in [2.75, 3.05) is 13.1 Å². The van der Waals surface area contributed by atoms with Gasteiger partial charge in [-0.15, -0.1) is 0 Å². The SMILES string of the molecule is C=C=C=C=C=C=C=C=C=C=C=C=C=C=C=C=C=C=C=C=C=C=C=C=C=C=C=C=C=C=C=C=C=C=C=C(N(CCC(=O)OC1CC2CC1C1C=CCC21)C(=O)C(=C)C)N(CCC(=O)OC1CC2CC1C1C=CCC21)C(=O)C(=C)C. The molecule has 0 aliphatic heterocycles. The van der Waals surface area contributed by atoms with Gasteiger partial charge in [-0.25, -0.2) is 0 Å². The first-order chi connectivity index (χ1) is 38.1. The molecule has 0 saturated heterocycles. The van der Waals surface area contributed by atoms with Crippen molar-refractivity contribution in [3.8, 4) is 0 Å². The number of allylic oxidation sites excluding steroid dienone is 4. The lowest BCUT2D eigenvalue weighted by atomic mass is 9.80.